The standard InChI is InChI=1S/C10H13N5O2/c1-2-14(6-5-11)10-4-3-9(15(16)17)8(7-12)13-10/h3-4H,2,5-6,11H2,1H3. The van der Waals surface area contributed by atoms with Crippen molar-refractivity contribution in [2.45, 2.75) is 6.92 Å². The number of nitrogens with zero attached hydrogens (tertiary/aromatic N) is 4. The second-order valence-electron chi connectivity index (χ2n) is 3.27. The van der Waals surface area contributed by atoms with E-state index in [1.165, 1.54) is 12.1 Å². The molecule has 0 amide bonds. The van der Waals surface area contributed by atoms with E-state index in [0.29, 0.717) is 25.5 Å². The van der Waals surface area contributed by atoms with E-state index in [4.69, 9.17) is 11.0 Å². The van der Waals surface area contributed by atoms with Crippen molar-refractivity contribution in [2.75, 3.05) is 24.5 Å². The monoisotopic (exact) mass is 235 g/mol. The number of nitrogens with two attached hydrogens (primary N) is 1. The van der Waals surface area contributed by atoms with Gasteiger partial charge in [-0.15, -0.1) is 0 Å². The highest BCUT2D eigenvalue weighted by molar-refractivity contribution is 5.51. The summed E-state index contributed by atoms with van der Waals surface area (Å²) in [5.41, 5.74) is 4.99. The fourth-order valence-electron chi connectivity index (χ4n) is 1.44. The number of nitro groups is 1. The number of hydrogen-bond acceptors (Lipinski definition) is 6. The van der Waals surface area contributed by atoms with Crippen LogP contribution >= 0.6 is 0 Å². The van der Waals surface area contributed by atoms with Crippen molar-refractivity contribution in [2.24, 2.45) is 5.73 Å². The third-order valence-electron chi connectivity index (χ3n) is 2.27. The first-order valence-electron chi connectivity index (χ1n) is 5.14. The molecule has 17 heavy (non-hydrogen) atoms. The van der Waals surface area contributed by atoms with Crippen LogP contribution in [0.15, 0.2) is 12.1 Å². The van der Waals surface area contributed by atoms with Crippen LogP contribution in [-0.4, -0.2) is 29.5 Å². The molecular formula is C10H13N5O2. The number of pyridine rings is 1. The Kier molecular flexibility index (Phi) is 4.37. The molecule has 0 atom stereocenters. The highest BCUT2D eigenvalue weighted by atomic mass is 16.6. The molecule has 0 aromatic carbocycles. The van der Waals surface area contributed by atoms with Crippen LogP contribution in [0.1, 0.15) is 12.6 Å². The Morgan fingerprint density at radius 3 is 2.82 bits per heavy atom. The summed E-state index contributed by atoms with van der Waals surface area (Å²) in [6, 6.07) is 4.55. The minimum absolute atomic E-state index is 0.178. The lowest BCUT2D eigenvalue weighted by Crippen LogP contribution is -2.29. The van der Waals surface area contributed by atoms with Gasteiger partial charge in [0.15, 0.2) is 0 Å². The summed E-state index contributed by atoms with van der Waals surface area (Å²) < 4.78 is 0. The number of likely N-dealkylation sites (N-methyl/N-ethyl adjacent to an activating group) is 1. The van der Waals surface area contributed by atoms with Crippen LogP contribution in [0.3, 0.4) is 0 Å². The number of hydrogen-bond donors (Lipinski definition) is 1. The van der Waals surface area contributed by atoms with Gasteiger partial charge in [0.1, 0.15) is 11.9 Å². The molecule has 0 fully saturated rings. The second-order valence-corrected chi connectivity index (χ2v) is 3.27. The van der Waals surface area contributed by atoms with Crippen molar-refractivity contribution in [1.82, 2.24) is 4.98 Å². The van der Waals surface area contributed by atoms with Crippen LogP contribution in [0.2, 0.25) is 0 Å². The first-order valence-corrected chi connectivity index (χ1v) is 5.14. The molecule has 1 aromatic heterocycles. The summed E-state index contributed by atoms with van der Waals surface area (Å²) in [5.74, 6) is 0.528. The third kappa shape index (κ3) is 2.89. The molecule has 0 saturated carbocycles. The van der Waals surface area contributed by atoms with Gasteiger partial charge >= 0.3 is 5.69 Å². The zero-order chi connectivity index (χ0) is 12.8. The third-order valence-corrected chi connectivity index (χ3v) is 2.27. The van der Waals surface area contributed by atoms with Gasteiger partial charge in [0, 0.05) is 25.7 Å². The fourth-order valence-corrected chi connectivity index (χ4v) is 1.44. The fraction of sp³-hybridized carbons (Fsp3) is 0.400. The zero-order valence-electron chi connectivity index (χ0n) is 9.46. The maximum absolute atomic E-state index is 10.6. The zero-order valence-corrected chi connectivity index (χ0v) is 9.46. The molecule has 0 spiro atoms. The smallest absolute Gasteiger partial charge is 0.305 e. The topological polar surface area (TPSA) is 109 Å². The van der Waals surface area contributed by atoms with E-state index in [2.05, 4.69) is 4.98 Å². The van der Waals surface area contributed by atoms with Crippen LogP contribution in [0, 0.1) is 21.4 Å². The molecule has 0 unspecified atom stereocenters. The second kappa shape index (κ2) is 5.77. The Labute approximate surface area is 98.6 Å². The van der Waals surface area contributed by atoms with Crippen LogP contribution in [0.25, 0.3) is 0 Å². The highest BCUT2D eigenvalue weighted by Crippen LogP contribution is 2.20. The van der Waals surface area contributed by atoms with Crippen molar-refractivity contribution in [3.8, 4) is 6.07 Å². The summed E-state index contributed by atoms with van der Waals surface area (Å²) in [5, 5.41) is 19.5. The summed E-state index contributed by atoms with van der Waals surface area (Å²) in [6.45, 7) is 3.64. The van der Waals surface area contributed by atoms with Crippen LogP contribution in [0.4, 0.5) is 11.5 Å². The molecule has 0 saturated heterocycles. The average molecular weight is 235 g/mol. The minimum atomic E-state index is -0.617. The Morgan fingerprint density at radius 2 is 2.35 bits per heavy atom. The Hall–Kier alpha value is -2.20. The first-order chi connectivity index (χ1) is 8.13. The molecule has 0 aliphatic heterocycles. The maximum Gasteiger partial charge on any atom is 0.305 e. The number of aromatic nitrogens is 1. The summed E-state index contributed by atoms with van der Waals surface area (Å²) in [4.78, 5) is 15.8. The molecule has 7 nitrogen and oxygen atoms in total. The molecule has 0 bridgehead atoms. The maximum atomic E-state index is 10.6. The van der Waals surface area contributed by atoms with Crippen molar-refractivity contribution in [3.63, 3.8) is 0 Å². The normalized spacial score (nSPS) is 9.71. The van der Waals surface area contributed by atoms with E-state index < -0.39 is 4.92 Å². The lowest BCUT2D eigenvalue weighted by molar-refractivity contribution is -0.385. The number of nitriles is 1. The van der Waals surface area contributed by atoms with Gasteiger partial charge in [-0.05, 0) is 13.0 Å². The lowest BCUT2D eigenvalue weighted by atomic mass is 10.3. The van der Waals surface area contributed by atoms with Crippen molar-refractivity contribution >= 4 is 11.5 Å². The van der Waals surface area contributed by atoms with Crippen molar-refractivity contribution in [1.29, 1.82) is 5.26 Å². The quantitative estimate of drug-likeness (QED) is 0.592. The number of anilines is 1. The van der Waals surface area contributed by atoms with Gasteiger partial charge in [-0.25, -0.2) is 4.98 Å². The van der Waals surface area contributed by atoms with E-state index in [0.717, 1.165) is 0 Å². The van der Waals surface area contributed by atoms with Gasteiger partial charge < -0.3 is 10.6 Å². The Morgan fingerprint density at radius 1 is 1.65 bits per heavy atom. The molecule has 90 valence electrons. The van der Waals surface area contributed by atoms with E-state index in [9.17, 15) is 10.1 Å². The molecule has 0 radical (unpaired) electrons. The average Bonchev–Trinajstić information content (AvgIpc) is 2.34. The van der Waals surface area contributed by atoms with Crippen molar-refractivity contribution < 1.29 is 4.92 Å². The summed E-state index contributed by atoms with van der Waals surface area (Å²) in [6.07, 6.45) is 0. The predicted molar refractivity (Wildman–Crippen MR) is 62.5 cm³/mol. The van der Waals surface area contributed by atoms with Gasteiger partial charge in [-0.2, -0.15) is 5.26 Å². The molecule has 0 aliphatic rings. The highest BCUT2D eigenvalue weighted by Gasteiger charge is 2.17. The minimum Gasteiger partial charge on any atom is -0.356 e. The van der Waals surface area contributed by atoms with Gasteiger partial charge in [0.25, 0.3) is 0 Å². The van der Waals surface area contributed by atoms with E-state index in [1.54, 1.807) is 6.07 Å². The Bertz CT molecular complexity index is 454. The lowest BCUT2D eigenvalue weighted by Gasteiger charge is -2.20. The van der Waals surface area contributed by atoms with Crippen LogP contribution in [-0.2, 0) is 0 Å². The van der Waals surface area contributed by atoms with E-state index in [1.807, 2.05) is 11.8 Å². The molecule has 0 aliphatic carbocycles. The van der Waals surface area contributed by atoms with Crippen LogP contribution in [0.5, 0.6) is 0 Å². The molecule has 2 N–H and O–H groups in total. The van der Waals surface area contributed by atoms with Crippen LogP contribution < -0.4 is 10.6 Å². The van der Waals surface area contributed by atoms with Crippen molar-refractivity contribution in [3.05, 3.63) is 27.9 Å². The summed E-state index contributed by atoms with van der Waals surface area (Å²) >= 11 is 0. The first kappa shape index (κ1) is 12.9. The predicted octanol–water partition coefficient (Wildman–Crippen LogP) is 0.646. The molecule has 1 heterocycles. The van der Waals surface area contributed by atoms with Gasteiger partial charge in [0.05, 0.1) is 4.92 Å². The molecule has 1 aromatic rings. The van der Waals surface area contributed by atoms with Gasteiger partial charge in [-0.3, -0.25) is 10.1 Å². The largest absolute Gasteiger partial charge is 0.356 e. The molecule has 7 heteroatoms. The number of rotatable bonds is 5. The molecule has 1 rings (SSSR count). The van der Waals surface area contributed by atoms with Gasteiger partial charge in [-0.1, -0.05) is 0 Å². The summed E-state index contributed by atoms with van der Waals surface area (Å²) in [7, 11) is 0. The van der Waals surface area contributed by atoms with E-state index >= 15 is 0 Å². The van der Waals surface area contributed by atoms with E-state index in [-0.39, 0.29) is 11.4 Å². The van der Waals surface area contributed by atoms with Gasteiger partial charge in [0.2, 0.25) is 5.69 Å². The molecular weight excluding hydrogens is 222 g/mol. The SMILES string of the molecule is CCN(CCN)c1ccc([N+](=O)[O-])c(C#N)n1. The Balaban J connectivity index is 3.13.